The van der Waals surface area contributed by atoms with Crippen molar-refractivity contribution >= 4 is 40.7 Å². The minimum absolute atomic E-state index is 0.261. The van der Waals surface area contributed by atoms with Crippen molar-refractivity contribution in [1.82, 2.24) is 0 Å². The van der Waals surface area contributed by atoms with Crippen molar-refractivity contribution in [3.63, 3.8) is 0 Å². The molecule has 1 aromatic rings. The first-order valence-corrected chi connectivity index (χ1v) is 5.30. The number of aliphatic hydroxyl groups excluding tert-OH is 1. The fraction of sp³-hybridized carbons (Fsp3) is 0.200. The standard InChI is InChI=1S/C10H10Cl2N2O3/c1-14(10(17)8(15)9(13)16)5-2-3-6(11)7(12)4-5/h2-4,8,15H,1H3,(H2,13,16). The van der Waals surface area contributed by atoms with E-state index in [2.05, 4.69) is 0 Å². The molecule has 1 rings (SSSR count). The summed E-state index contributed by atoms with van der Waals surface area (Å²) in [6.07, 6.45) is -1.88. The normalized spacial score (nSPS) is 12.0. The van der Waals surface area contributed by atoms with Crippen LogP contribution in [0.15, 0.2) is 18.2 Å². The van der Waals surface area contributed by atoms with Gasteiger partial charge in [0.1, 0.15) is 0 Å². The highest BCUT2D eigenvalue weighted by molar-refractivity contribution is 6.42. The van der Waals surface area contributed by atoms with Gasteiger partial charge in [-0.05, 0) is 18.2 Å². The lowest BCUT2D eigenvalue weighted by Crippen LogP contribution is -2.44. The molecule has 92 valence electrons. The first-order chi connectivity index (χ1) is 7.84. The van der Waals surface area contributed by atoms with Gasteiger partial charge in [-0.25, -0.2) is 0 Å². The average molecular weight is 277 g/mol. The lowest BCUT2D eigenvalue weighted by atomic mass is 10.2. The molecule has 0 saturated heterocycles. The van der Waals surface area contributed by atoms with Crippen molar-refractivity contribution in [2.24, 2.45) is 5.73 Å². The summed E-state index contributed by atoms with van der Waals surface area (Å²) in [4.78, 5) is 23.3. The number of aliphatic hydroxyl groups is 1. The molecule has 0 fully saturated rings. The van der Waals surface area contributed by atoms with Crippen LogP contribution in [0.5, 0.6) is 0 Å². The van der Waals surface area contributed by atoms with Crippen LogP contribution < -0.4 is 10.6 Å². The molecule has 0 aliphatic carbocycles. The number of carbonyl (C=O) groups is 2. The van der Waals surface area contributed by atoms with Crippen LogP contribution >= 0.6 is 23.2 Å². The van der Waals surface area contributed by atoms with Crippen molar-refractivity contribution < 1.29 is 14.7 Å². The molecule has 1 aromatic carbocycles. The Morgan fingerprint density at radius 3 is 2.41 bits per heavy atom. The molecule has 1 unspecified atom stereocenters. The third kappa shape index (κ3) is 3.09. The maximum absolute atomic E-state index is 11.6. The summed E-state index contributed by atoms with van der Waals surface area (Å²) in [5, 5.41) is 9.83. The Morgan fingerprint density at radius 1 is 1.35 bits per heavy atom. The highest BCUT2D eigenvalue weighted by Gasteiger charge is 2.25. The number of likely N-dealkylation sites (N-methyl/N-ethyl adjacent to an activating group) is 1. The Hall–Kier alpha value is -1.30. The predicted molar refractivity (Wildman–Crippen MR) is 65.1 cm³/mol. The molecule has 0 aromatic heterocycles. The van der Waals surface area contributed by atoms with E-state index in [-0.39, 0.29) is 5.02 Å². The number of halogens is 2. The molecule has 1 atom stereocenters. The predicted octanol–water partition coefficient (Wildman–Crippen LogP) is 0.802. The van der Waals surface area contributed by atoms with E-state index < -0.39 is 17.9 Å². The van der Waals surface area contributed by atoms with Crippen LogP contribution in [0, 0.1) is 0 Å². The molecule has 0 aliphatic rings. The van der Waals surface area contributed by atoms with Crippen LogP contribution in [-0.2, 0) is 9.59 Å². The van der Waals surface area contributed by atoms with Gasteiger partial charge < -0.3 is 15.7 Å². The van der Waals surface area contributed by atoms with Crippen LogP contribution in [0.2, 0.25) is 10.0 Å². The first-order valence-electron chi connectivity index (χ1n) is 4.54. The average Bonchev–Trinajstić information content (AvgIpc) is 2.29. The van der Waals surface area contributed by atoms with Gasteiger partial charge in [0.25, 0.3) is 11.8 Å². The van der Waals surface area contributed by atoms with Gasteiger partial charge in [-0.1, -0.05) is 23.2 Å². The zero-order chi connectivity index (χ0) is 13.2. The van der Waals surface area contributed by atoms with Gasteiger partial charge in [0.2, 0.25) is 6.10 Å². The van der Waals surface area contributed by atoms with E-state index in [9.17, 15) is 14.7 Å². The summed E-state index contributed by atoms with van der Waals surface area (Å²) in [6.45, 7) is 0. The van der Waals surface area contributed by atoms with Crippen molar-refractivity contribution in [2.75, 3.05) is 11.9 Å². The molecule has 0 saturated carbocycles. The zero-order valence-corrected chi connectivity index (χ0v) is 10.4. The number of nitrogens with two attached hydrogens (primary N) is 1. The SMILES string of the molecule is CN(C(=O)C(O)C(N)=O)c1ccc(Cl)c(Cl)c1. The number of amides is 2. The molecular formula is C10H10Cl2N2O3. The highest BCUT2D eigenvalue weighted by Crippen LogP contribution is 2.26. The van der Waals surface area contributed by atoms with E-state index in [0.717, 1.165) is 4.90 Å². The van der Waals surface area contributed by atoms with Crippen LogP contribution in [0.4, 0.5) is 5.69 Å². The molecule has 0 heterocycles. The monoisotopic (exact) mass is 276 g/mol. The van der Waals surface area contributed by atoms with E-state index in [1.54, 1.807) is 0 Å². The van der Waals surface area contributed by atoms with Crippen LogP contribution in [-0.4, -0.2) is 30.1 Å². The largest absolute Gasteiger partial charge is 0.375 e. The summed E-state index contributed by atoms with van der Waals surface area (Å²) in [5.74, 6) is -1.95. The van der Waals surface area contributed by atoms with E-state index in [4.69, 9.17) is 28.9 Å². The number of benzene rings is 1. The number of anilines is 1. The van der Waals surface area contributed by atoms with Gasteiger partial charge in [0.05, 0.1) is 10.0 Å². The lowest BCUT2D eigenvalue weighted by molar-refractivity contribution is -0.137. The van der Waals surface area contributed by atoms with Crippen LogP contribution in [0.1, 0.15) is 0 Å². The van der Waals surface area contributed by atoms with Gasteiger partial charge in [-0.2, -0.15) is 0 Å². The second-order valence-electron chi connectivity index (χ2n) is 3.30. The first kappa shape index (κ1) is 13.8. The van der Waals surface area contributed by atoms with Gasteiger partial charge in [0.15, 0.2) is 0 Å². The van der Waals surface area contributed by atoms with E-state index in [1.807, 2.05) is 0 Å². The summed E-state index contributed by atoms with van der Waals surface area (Å²) >= 11 is 11.5. The Kier molecular flexibility index (Phi) is 4.34. The molecule has 0 spiro atoms. The smallest absolute Gasteiger partial charge is 0.265 e. The fourth-order valence-corrected chi connectivity index (χ4v) is 1.42. The Morgan fingerprint density at radius 2 is 1.94 bits per heavy atom. The molecular weight excluding hydrogens is 267 g/mol. The molecule has 0 bridgehead atoms. The summed E-state index contributed by atoms with van der Waals surface area (Å²) < 4.78 is 0. The number of nitrogens with zero attached hydrogens (tertiary/aromatic N) is 1. The minimum Gasteiger partial charge on any atom is -0.375 e. The van der Waals surface area contributed by atoms with Crippen molar-refractivity contribution in [2.45, 2.75) is 6.10 Å². The quantitative estimate of drug-likeness (QED) is 0.801. The number of primary amides is 1. The molecule has 5 nitrogen and oxygen atoms in total. The van der Waals surface area contributed by atoms with Gasteiger partial charge in [0, 0.05) is 12.7 Å². The van der Waals surface area contributed by atoms with Crippen molar-refractivity contribution in [3.05, 3.63) is 28.2 Å². The Balaban J connectivity index is 2.96. The number of carbonyl (C=O) groups excluding carboxylic acids is 2. The van der Waals surface area contributed by atoms with Gasteiger partial charge >= 0.3 is 0 Å². The van der Waals surface area contributed by atoms with E-state index >= 15 is 0 Å². The maximum atomic E-state index is 11.6. The van der Waals surface area contributed by atoms with Gasteiger partial charge in [-0.15, -0.1) is 0 Å². The minimum atomic E-state index is -1.88. The lowest BCUT2D eigenvalue weighted by Gasteiger charge is -2.19. The molecule has 0 radical (unpaired) electrons. The fourth-order valence-electron chi connectivity index (χ4n) is 1.13. The molecule has 7 heteroatoms. The maximum Gasteiger partial charge on any atom is 0.265 e. The second kappa shape index (κ2) is 5.35. The summed E-state index contributed by atoms with van der Waals surface area (Å²) in [6, 6.07) is 4.47. The van der Waals surface area contributed by atoms with Crippen LogP contribution in [0.25, 0.3) is 0 Å². The number of hydrogen-bond acceptors (Lipinski definition) is 3. The summed E-state index contributed by atoms with van der Waals surface area (Å²) in [5.41, 5.74) is 5.22. The van der Waals surface area contributed by atoms with E-state index in [0.29, 0.717) is 10.7 Å². The Bertz CT molecular complexity index is 465. The molecule has 2 amide bonds. The number of hydrogen-bond donors (Lipinski definition) is 2. The third-order valence-corrected chi connectivity index (χ3v) is 2.86. The highest BCUT2D eigenvalue weighted by atomic mass is 35.5. The van der Waals surface area contributed by atoms with Crippen LogP contribution in [0.3, 0.4) is 0 Å². The third-order valence-electron chi connectivity index (χ3n) is 2.12. The second-order valence-corrected chi connectivity index (χ2v) is 4.11. The van der Waals surface area contributed by atoms with Crippen molar-refractivity contribution in [3.8, 4) is 0 Å². The Labute approximate surface area is 108 Å². The van der Waals surface area contributed by atoms with Crippen molar-refractivity contribution in [1.29, 1.82) is 0 Å². The summed E-state index contributed by atoms with van der Waals surface area (Å²) in [7, 11) is 1.38. The topological polar surface area (TPSA) is 83.6 Å². The van der Waals surface area contributed by atoms with Gasteiger partial charge in [-0.3, -0.25) is 9.59 Å². The molecule has 17 heavy (non-hydrogen) atoms. The molecule has 0 aliphatic heterocycles. The zero-order valence-electron chi connectivity index (χ0n) is 8.85. The van der Waals surface area contributed by atoms with E-state index in [1.165, 1.54) is 25.2 Å². The molecule has 3 N–H and O–H groups in total. The number of rotatable bonds is 3.